The van der Waals surface area contributed by atoms with E-state index in [4.69, 9.17) is 10.5 Å². The number of aliphatic hydroxyl groups excluding tert-OH is 1. The van der Waals surface area contributed by atoms with Gasteiger partial charge in [-0.25, -0.2) is 14.5 Å². The molecule has 0 aliphatic rings. The van der Waals surface area contributed by atoms with Gasteiger partial charge in [0.05, 0.1) is 18.2 Å². The molecule has 2 aromatic rings. The van der Waals surface area contributed by atoms with Crippen molar-refractivity contribution >= 4 is 29.8 Å². The molecule has 6 atom stereocenters. The molecule has 2 rings (SSSR count). The van der Waals surface area contributed by atoms with Crippen LogP contribution in [0.2, 0.25) is 0 Å². The third-order valence-corrected chi connectivity index (χ3v) is 7.16. The maximum atomic E-state index is 13.5. The molecule has 0 bridgehead atoms. The predicted octanol–water partition coefficient (Wildman–Crippen LogP) is 2.23. The molecule has 12 nitrogen and oxygen atoms in total. The van der Waals surface area contributed by atoms with Crippen LogP contribution >= 0.6 is 0 Å². The van der Waals surface area contributed by atoms with Crippen molar-refractivity contribution in [3.05, 3.63) is 71.8 Å². The Labute approximate surface area is 257 Å². The van der Waals surface area contributed by atoms with Crippen LogP contribution in [0.1, 0.15) is 52.2 Å². The lowest BCUT2D eigenvalue weighted by Crippen LogP contribution is -2.57. The van der Waals surface area contributed by atoms with Crippen molar-refractivity contribution in [2.75, 3.05) is 0 Å². The van der Waals surface area contributed by atoms with E-state index in [1.54, 1.807) is 75.4 Å². The Morgan fingerprint density at radius 1 is 0.841 bits per heavy atom. The van der Waals surface area contributed by atoms with E-state index in [-0.39, 0.29) is 25.4 Å². The molecule has 0 aliphatic heterocycles. The van der Waals surface area contributed by atoms with Crippen molar-refractivity contribution in [2.24, 2.45) is 17.6 Å². The molecule has 0 aliphatic carbocycles. The van der Waals surface area contributed by atoms with Crippen LogP contribution in [0.4, 0.5) is 4.79 Å². The highest BCUT2D eigenvalue weighted by molar-refractivity contribution is 5.99. The molecule has 0 heterocycles. The second-order valence-corrected chi connectivity index (χ2v) is 11.3. The fourth-order valence-corrected chi connectivity index (χ4v) is 4.46. The fourth-order valence-electron chi connectivity index (χ4n) is 4.46. The largest absolute Gasteiger partial charge is 0.480 e. The summed E-state index contributed by atoms with van der Waals surface area (Å²) < 4.78 is 5.32. The monoisotopic (exact) mass is 612 g/mol. The summed E-state index contributed by atoms with van der Waals surface area (Å²) in [6.07, 6.45) is -2.25. The Morgan fingerprint density at radius 2 is 1.39 bits per heavy atom. The summed E-state index contributed by atoms with van der Waals surface area (Å²) in [7, 11) is 0. The van der Waals surface area contributed by atoms with Gasteiger partial charge in [0.15, 0.2) is 0 Å². The zero-order valence-corrected chi connectivity index (χ0v) is 25.8. The number of hydrogen-bond donors (Lipinski definition) is 5. The Hall–Kier alpha value is -4.29. The van der Waals surface area contributed by atoms with Crippen LogP contribution in [-0.4, -0.2) is 75.2 Å². The number of hydrogen-bond acceptors (Lipinski definition) is 8. The van der Waals surface area contributed by atoms with E-state index in [1.165, 1.54) is 13.8 Å². The number of nitrogens with one attached hydrogen (secondary N) is 2. The molecule has 0 saturated carbocycles. The first-order valence-electron chi connectivity index (χ1n) is 14.6. The molecule has 44 heavy (non-hydrogen) atoms. The Balaban J connectivity index is 2.23. The molecule has 1 unspecified atom stereocenters. The lowest BCUT2D eigenvalue weighted by molar-refractivity contribution is -0.143. The number of benzene rings is 2. The van der Waals surface area contributed by atoms with Crippen LogP contribution in [0.5, 0.6) is 0 Å². The van der Waals surface area contributed by atoms with Crippen molar-refractivity contribution in [2.45, 2.75) is 84.3 Å². The van der Waals surface area contributed by atoms with E-state index < -0.39 is 66.0 Å². The third kappa shape index (κ3) is 10.8. The minimum absolute atomic E-state index is 0.107. The number of imide groups is 1. The van der Waals surface area contributed by atoms with Gasteiger partial charge in [0.1, 0.15) is 18.7 Å². The molecular weight excluding hydrogens is 568 g/mol. The van der Waals surface area contributed by atoms with Crippen molar-refractivity contribution in [3.8, 4) is 0 Å². The lowest BCUT2D eigenvalue weighted by atomic mass is 9.93. The number of aliphatic carboxylic acids is 1. The van der Waals surface area contributed by atoms with Crippen LogP contribution in [0.15, 0.2) is 60.7 Å². The highest BCUT2D eigenvalue weighted by Gasteiger charge is 2.36. The van der Waals surface area contributed by atoms with E-state index in [9.17, 15) is 34.2 Å². The summed E-state index contributed by atoms with van der Waals surface area (Å²) in [6, 6.07) is 13.3. The first-order chi connectivity index (χ1) is 20.7. The first kappa shape index (κ1) is 35.9. The number of carbonyl (C=O) groups is 5. The second kappa shape index (κ2) is 17.1. The Morgan fingerprint density at radius 3 is 1.89 bits per heavy atom. The molecule has 0 aromatic heterocycles. The molecule has 4 amide bonds. The number of amides is 4. The molecule has 6 N–H and O–H groups in total. The van der Waals surface area contributed by atoms with Gasteiger partial charge in [-0.1, -0.05) is 81.4 Å². The average Bonchev–Trinajstić information content (AvgIpc) is 2.98. The summed E-state index contributed by atoms with van der Waals surface area (Å²) in [5, 5.41) is 25.9. The van der Waals surface area contributed by atoms with Crippen LogP contribution in [-0.2, 0) is 36.9 Å². The van der Waals surface area contributed by atoms with E-state index in [0.717, 1.165) is 5.56 Å². The molecule has 0 radical (unpaired) electrons. The molecule has 0 fully saturated rings. The van der Waals surface area contributed by atoms with Crippen LogP contribution in [0, 0.1) is 11.8 Å². The molecule has 2 aromatic carbocycles. The standard InChI is InChI=1S/C32H44N4O8/c1-19(2)27(31(41)42)35-28(38)20(3)16-26(37)25(17-23-12-8-6-9-13-23)34-29(39)22(5)36(30(40)21(4)33)32(43)44-18-24-14-10-7-11-15-24/h6-15,19-22,25-27,37H,16-18,33H2,1-5H3,(H,34,39)(H,35,38)(H,41,42)/t20?,21-,22-,25-,26-,27+/m0/s1. The molecular formula is C32H44N4O8. The number of carboxylic acid groups (broad SMARTS) is 1. The summed E-state index contributed by atoms with van der Waals surface area (Å²) >= 11 is 0. The smallest absolute Gasteiger partial charge is 0.417 e. The Bertz CT molecular complexity index is 1260. The number of aliphatic hydroxyl groups is 1. The minimum Gasteiger partial charge on any atom is -0.480 e. The maximum absolute atomic E-state index is 13.5. The normalized spacial score (nSPS) is 15.2. The molecule has 0 saturated heterocycles. The summed E-state index contributed by atoms with van der Waals surface area (Å²) in [5.41, 5.74) is 7.24. The fraction of sp³-hybridized carbons (Fsp3) is 0.469. The SMILES string of the molecule is CC(C[C@H](O)[C@H](Cc1ccccc1)NC(=O)[C@H](C)N(C(=O)OCc1ccccc1)C(=O)[C@H](C)N)C(=O)N[C@@H](C(=O)O)C(C)C. The van der Waals surface area contributed by atoms with Gasteiger partial charge in [0, 0.05) is 5.92 Å². The highest BCUT2D eigenvalue weighted by atomic mass is 16.6. The zero-order valence-electron chi connectivity index (χ0n) is 25.8. The van der Waals surface area contributed by atoms with Gasteiger partial charge in [-0.05, 0) is 43.7 Å². The predicted molar refractivity (Wildman–Crippen MR) is 163 cm³/mol. The topological polar surface area (TPSA) is 188 Å². The third-order valence-electron chi connectivity index (χ3n) is 7.16. The number of nitrogens with zero attached hydrogens (tertiary/aromatic N) is 1. The number of carbonyl (C=O) groups excluding carboxylic acids is 4. The van der Waals surface area contributed by atoms with Crippen LogP contribution in [0.3, 0.4) is 0 Å². The van der Waals surface area contributed by atoms with Crippen LogP contribution in [0.25, 0.3) is 0 Å². The van der Waals surface area contributed by atoms with Crippen molar-refractivity contribution in [3.63, 3.8) is 0 Å². The second-order valence-electron chi connectivity index (χ2n) is 11.3. The summed E-state index contributed by atoms with van der Waals surface area (Å²) in [4.78, 5) is 64.5. The summed E-state index contributed by atoms with van der Waals surface area (Å²) in [6.45, 7) is 7.48. The van der Waals surface area contributed by atoms with Gasteiger partial charge < -0.3 is 31.3 Å². The zero-order chi connectivity index (χ0) is 33.0. The first-order valence-corrected chi connectivity index (χ1v) is 14.6. The highest BCUT2D eigenvalue weighted by Crippen LogP contribution is 2.16. The summed E-state index contributed by atoms with van der Waals surface area (Å²) in [5.74, 6) is -4.47. The molecule has 12 heteroatoms. The molecule has 240 valence electrons. The van der Waals surface area contributed by atoms with E-state index in [0.29, 0.717) is 10.5 Å². The van der Waals surface area contributed by atoms with Crippen molar-refractivity contribution < 1.29 is 38.9 Å². The van der Waals surface area contributed by atoms with Gasteiger partial charge >= 0.3 is 12.1 Å². The van der Waals surface area contributed by atoms with Gasteiger partial charge in [-0.2, -0.15) is 0 Å². The van der Waals surface area contributed by atoms with Gasteiger partial charge in [0.2, 0.25) is 17.7 Å². The van der Waals surface area contributed by atoms with E-state index in [2.05, 4.69) is 10.6 Å². The van der Waals surface area contributed by atoms with Gasteiger partial charge in [0.25, 0.3) is 0 Å². The number of ether oxygens (including phenoxy) is 1. The number of carboxylic acids is 1. The minimum atomic E-state index is -1.36. The van der Waals surface area contributed by atoms with Gasteiger partial charge in [-0.3, -0.25) is 14.4 Å². The van der Waals surface area contributed by atoms with E-state index in [1.807, 2.05) is 6.07 Å². The van der Waals surface area contributed by atoms with Crippen LogP contribution < -0.4 is 16.4 Å². The molecule has 0 spiro atoms. The average molecular weight is 613 g/mol. The van der Waals surface area contributed by atoms with Crippen molar-refractivity contribution in [1.82, 2.24) is 15.5 Å². The van der Waals surface area contributed by atoms with E-state index >= 15 is 0 Å². The maximum Gasteiger partial charge on any atom is 0.417 e. The number of nitrogens with two attached hydrogens (primary N) is 1. The number of rotatable bonds is 15. The lowest BCUT2D eigenvalue weighted by Gasteiger charge is -2.31. The van der Waals surface area contributed by atoms with Gasteiger partial charge in [-0.15, -0.1) is 0 Å². The quantitative estimate of drug-likeness (QED) is 0.201. The Kier molecular flexibility index (Phi) is 14.0. The van der Waals surface area contributed by atoms with Crippen molar-refractivity contribution in [1.29, 1.82) is 0 Å².